The molecule has 0 N–H and O–H groups in total. The van der Waals surface area contributed by atoms with Gasteiger partial charge in [-0.05, 0) is 58.3 Å². The smallest absolute Gasteiger partial charge is 0.185 e. The number of anilines is 1. The molecule has 1 aromatic heterocycles. The first-order chi connectivity index (χ1) is 15.6. The third-order valence-corrected chi connectivity index (χ3v) is 7.16. The standard InChI is InChI=1S/C26H19N3O2S/c1-31-20-9-6-18(7-10-20)25(30)24-23(19-12-13-32-14-19)26(15-27,16-28)22-11-8-17-4-2-3-5-21(17)29(22)24/h2-14,22-24H,1H3/t22-,23-,24+/m1/s1. The molecule has 0 radical (unpaired) electrons. The average molecular weight is 438 g/mol. The highest BCUT2D eigenvalue weighted by molar-refractivity contribution is 7.08. The van der Waals surface area contributed by atoms with Crippen molar-refractivity contribution >= 4 is 28.9 Å². The Morgan fingerprint density at radius 1 is 1.09 bits per heavy atom. The molecule has 0 saturated carbocycles. The highest BCUT2D eigenvalue weighted by Gasteiger charge is 2.63. The van der Waals surface area contributed by atoms with Crippen LogP contribution in [0.15, 0.2) is 71.4 Å². The van der Waals surface area contributed by atoms with Gasteiger partial charge in [-0.3, -0.25) is 4.79 Å². The predicted molar refractivity (Wildman–Crippen MR) is 124 cm³/mol. The van der Waals surface area contributed by atoms with Crippen LogP contribution < -0.4 is 9.64 Å². The minimum absolute atomic E-state index is 0.119. The lowest BCUT2D eigenvalue weighted by molar-refractivity contribution is 0.0951. The number of nitrogens with zero attached hydrogens (tertiary/aromatic N) is 3. The largest absolute Gasteiger partial charge is 0.497 e. The Morgan fingerprint density at radius 2 is 1.84 bits per heavy atom. The van der Waals surface area contributed by atoms with Crippen LogP contribution in [0.25, 0.3) is 6.08 Å². The van der Waals surface area contributed by atoms with E-state index in [2.05, 4.69) is 12.1 Å². The van der Waals surface area contributed by atoms with Crippen molar-refractivity contribution in [3.8, 4) is 17.9 Å². The lowest BCUT2D eigenvalue weighted by Crippen LogP contribution is -2.44. The van der Waals surface area contributed by atoms with Crippen LogP contribution in [0.1, 0.15) is 27.4 Å². The van der Waals surface area contributed by atoms with Crippen LogP contribution in [-0.4, -0.2) is 25.0 Å². The van der Waals surface area contributed by atoms with Crippen LogP contribution in [0.5, 0.6) is 5.75 Å². The van der Waals surface area contributed by atoms with Gasteiger partial charge < -0.3 is 9.64 Å². The van der Waals surface area contributed by atoms with E-state index in [1.54, 1.807) is 31.4 Å². The third kappa shape index (κ3) is 2.77. The van der Waals surface area contributed by atoms with Crippen molar-refractivity contribution in [3.05, 3.63) is 88.1 Å². The summed E-state index contributed by atoms with van der Waals surface area (Å²) in [5.41, 5.74) is 1.78. The molecule has 6 heteroatoms. The number of hydrogen-bond acceptors (Lipinski definition) is 6. The average Bonchev–Trinajstić information content (AvgIpc) is 3.48. The highest BCUT2D eigenvalue weighted by atomic mass is 32.1. The van der Waals surface area contributed by atoms with E-state index in [1.807, 2.05) is 58.1 Å². The first kappa shape index (κ1) is 20.1. The molecule has 1 fully saturated rings. The fourth-order valence-corrected chi connectivity index (χ4v) is 5.68. The summed E-state index contributed by atoms with van der Waals surface area (Å²) in [5, 5.41) is 24.6. The molecule has 0 amide bonds. The number of hydrogen-bond donors (Lipinski definition) is 0. The first-order valence-corrected chi connectivity index (χ1v) is 11.2. The van der Waals surface area contributed by atoms with Crippen LogP contribution in [0, 0.1) is 28.1 Å². The summed E-state index contributed by atoms with van der Waals surface area (Å²) in [6, 6.07) is 20.1. The van der Waals surface area contributed by atoms with Gasteiger partial charge >= 0.3 is 0 Å². The van der Waals surface area contributed by atoms with Crippen molar-refractivity contribution in [2.75, 3.05) is 12.0 Å². The van der Waals surface area contributed by atoms with E-state index in [1.165, 1.54) is 11.3 Å². The molecule has 156 valence electrons. The molecule has 3 heterocycles. The highest BCUT2D eigenvalue weighted by Crippen LogP contribution is 2.55. The summed E-state index contributed by atoms with van der Waals surface area (Å²) in [7, 11) is 1.58. The number of methoxy groups -OCH3 is 1. The van der Waals surface area contributed by atoms with E-state index in [0.717, 1.165) is 16.8 Å². The number of fused-ring (bicyclic) bond motifs is 3. The van der Waals surface area contributed by atoms with Crippen molar-refractivity contribution in [1.82, 2.24) is 0 Å². The van der Waals surface area contributed by atoms with Gasteiger partial charge in [0.2, 0.25) is 0 Å². The molecule has 2 aromatic carbocycles. The minimum Gasteiger partial charge on any atom is -0.497 e. The molecule has 0 aliphatic carbocycles. The number of ether oxygens (including phenoxy) is 1. The first-order valence-electron chi connectivity index (χ1n) is 10.2. The molecular weight excluding hydrogens is 418 g/mol. The van der Waals surface area contributed by atoms with Crippen molar-refractivity contribution in [2.24, 2.45) is 5.41 Å². The van der Waals surface area contributed by atoms with E-state index in [9.17, 15) is 15.3 Å². The Hall–Kier alpha value is -3.87. The van der Waals surface area contributed by atoms with Crippen molar-refractivity contribution in [1.29, 1.82) is 10.5 Å². The Labute approximate surface area is 190 Å². The molecule has 0 spiro atoms. The molecule has 1 saturated heterocycles. The lowest BCUT2D eigenvalue weighted by atomic mass is 9.69. The number of nitriles is 2. The maximum Gasteiger partial charge on any atom is 0.185 e. The third-order valence-electron chi connectivity index (χ3n) is 6.46. The van der Waals surface area contributed by atoms with Crippen molar-refractivity contribution < 1.29 is 9.53 Å². The molecule has 32 heavy (non-hydrogen) atoms. The van der Waals surface area contributed by atoms with E-state index >= 15 is 0 Å². The molecule has 3 aromatic rings. The molecule has 0 bridgehead atoms. The SMILES string of the molecule is COc1ccc(C(=O)[C@@H]2[C@@H](c3ccsc3)C(C#N)(C#N)[C@H]3C=Cc4ccccc4N23)cc1. The van der Waals surface area contributed by atoms with E-state index in [4.69, 9.17) is 4.74 Å². The van der Waals surface area contributed by atoms with Gasteiger partial charge in [-0.2, -0.15) is 21.9 Å². The number of carbonyl (C=O) groups is 1. The van der Waals surface area contributed by atoms with E-state index in [-0.39, 0.29) is 5.78 Å². The Balaban J connectivity index is 1.74. The zero-order valence-corrected chi connectivity index (χ0v) is 18.1. The summed E-state index contributed by atoms with van der Waals surface area (Å²) >= 11 is 1.50. The van der Waals surface area contributed by atoms with E-state index in [0.29, 0.717) is 11.3 Å². The van der Waals surface area contributed by atoms with Gasteiger partial charge in [-0.1, -0.05) is 30.4 Å². The Bertz CT molecular complexity index is 1270. The molecule has 2 aliphatic rings. The van der Waals surface area contributed by atoms with Crippen LogP contribution in [-0.2, 0) is 0 Å². The Morgan fingerprint density at radius 3 is 2.50 bits per heavy atom. The molecule has 5 nitrogen and oxygen atoms in total. The number of Topliss-reactive ketones (excluding diaryl/α,β-unsaturated/α-hetero) is 1. The van der Waals surface area contributed by atoms with Crippen LogP contribution in [0.3, 0.4) is 0 Å². The topological polar surface area (TPSA) is 77.1 Å². The summed E-state index contributed by atoms with van der Waals surface area (Å²) in [6.45, 7) is 0. The monoisotopic (exact) mass is 437 g/mol. The van der Waals surface area contributed by atoms with Gasteiger partial charge in [0.05, 0.1) is 25.3 Å². The summed E-state index contributed by atoms with van der Waals surface area (Å²) in [4.78, 5) is 16.0. The number of benzene rings is 2. The zero-order valence-electron chi connectivity index (χ0n) is 17.3. The second kappa shape index (κ2) is 7.67. The van der Waals surface area contributed by atoms with Crippen molar-refractivity contribution in [2.45, 2.75) is 18.0 Å². The van der Waals surface area contributed by atoms with E-state index < -0.39 is 23.4 Å². The Kier molecular flexibility index (Phi) is 4.81. The zero-order chi connectivity index (χ0) is 22.3. The lowest BCUT2D eigenvalue weighted by Gasteiger charge is -2.35. The van der Waals surface area contributed by atoms with Gasteiger partial charge in [0.1, 0.15) is 11.8 Å². The fourth-order valence-electron chi connectivity index (χ4n) is 4.99. The summed E-state index contributed by atoms with van der Waals surface area (Å²) in [5.74, 6) is -0.0552. The van der Waals surface area contributed by atoms with Gasteiger partial charge in [-0.15, -0.1) is 0 Å². The summed E-state index contributed by atoms with van der Waals surface area (Å²) < 4.78 is 5.24. The van der Waals surface area contributed by atoms with Gasteiger partial charge in [0.15, 0.2) is 11.2 Å². The van der Waals surface area contributed by atoms with Crippen LogP contribution in [0.2, 0.25) is 0 Å². The second-order valence-corrected chi connectivity index (χ2v) is 8.71. The molecule has 0 unspecified atom stereocenters. The number of thiophene rings is 1. The maximum atomic E-state index is 14.0. The van der Waals surface area contributed by atoms with Gasteiger partial charge in [-0.25, -0.2) is 0 Å². The fraction of sp³-hybridized carbons (Fsp3) is 0.192. The summed E-state index contributed by atoms with van der Waals surface area (Å²) in [6.07, 6.45) is 3.85. The normalized spacial score (nSPS) is 22.3. The quantitative estimate of drug-likeness (QED) is 0.535. The maximum absolute atomic E-state index is 14.0. The molecule has 5 rings (SSSR count). The van der Waals surface area contributed by atoms with Gasteiger partial charge in [0, 0.05) is 17.2 Å². The number of ketones is 1. The number of rotatable bonds is 4. The number of para-hydroxylation sites is 1. The molecular formula is C26H19N3O2S. The number of carbonyl (C=O) groups excluding carboxylic acids is 1. The minimum atomic E-state index is -1.40. The predicted octanol–water partition coefficient (Wildman–Crippen LogP) is 5.04. The van der Waals surface area contributed by atoms with Crippen molar-refractivity contribution in [3.63, 3.8) is 0 Å². The van der Waals surface area contributed by atoms with Crippen LogP contribution >= 0.6 is 11.3 Å². The van der Waals surface area contributed by atoms with Gasteiger partial charge in [0.25, 0.3) is 0 Å². The molecule has 2 aliphatic heterocycles. The second-order valence-electron chi connectivity index (χ2n) is 7.93. The van der Waals surface area contributed by atoms with Crippen LogP contribution in [0.4, 0.5) is 5.69 Å². The molecule has 3 atom stereocenters.